The molecule has 1 fully saturated rings. The molecule has 0 radical (unpaired) electrons. The van der Waals surface area contributed by atoms with Gasteiger partial charge in [0.05, 0.1) is 0 Å². The molecular formula is C16H22Cl3N. The highest BCUT2D eigenvalue weighted by atomic mass is 35.5. The number of rotatable bonds is 2. The van der Waals surface area contributed by atoms with Gasteiger partial charge in [0.15, 0.2) is 4.63 Å². The number of hydrogen-bond donors (Lipinski definition) is 0. The van der Waals surface area contributed by atoms with E-state index in [1.165, 1.54) is 12.0 Å². The molecule has 112 valence electrons. The normalized spacial score (nSPS) is 36.4. The van der Waals surface area contributed by atoms with Gasteiger partial charge in [-0.25, -0.2) is 4.99 Å². The van der Waals surface area contributed by atoms with Crippen molar-refractivity contribution in [2.45, 2.75) is 51.8 Å². The molecule has 0 aromatic rings. The van der Waals surface area contributed by atoms with Crippen LogP contribution in [-0.4, -0.2) is 10.0 Å². The predicted molar refractivity (Wildman–Crippen MR) is 89.9 cm³/mol. The average molecular weight is 335 g/mol. The summed E-state index contributed by atoms with van der Waals surface area (Å²) in [4.78, 5) is 3.89. The largest absolute Gasteiger partial charge is 0.233 e. The standard InChI is InChI=1S/C16H22Cl3N/c1-15(2)12-5-4-11(7-9-20-14(18)19)10-16(12,3)8-6-13(15)17/h7,9-10,12-13H,4-6,8H2,1-3H3/t12-,13-,16+/m0/s1. The quantitative estimate of drug-likeness (QED) is 0.427. The lowest BCUT2D eigenvalue weighted by Gasteiger charge is -2.54. The van der Waals surface area contributed by atoms with Crippen molar-refractivity contribution < 1.29 is 0 Å². The molecule has 20 heavy (non-hydrogen) atoms. The first-order chi connectivity index (χ1) is 9.25. The SMILES string of the molecule is CC1(C)[C@@H](Cl)CC[C@]2(C)C=C(C=CN=C(Cl)Cl)CC[C@@H]12. The first-order valence-corrected chi connectivity index (χ1v) is 8.36. The van der Waals surface area contributed by atoms with Gasteiger partial charge in [-0.15, -0.1) is 11.6 Å². The number of alkyl halides is 1. The number of hydrogen-bond acceptors (Lipinski definition) is 1. The summed E-state index contributed by atoms with van der Waals surface area (Å²) in [5, 5.41) is 0.283. The summed E-state index contributed by atoms with van der Waals surface area (Å²) in [5.74, 6) is 0.642. The maximum Gasteiger partial charge on any atom is 0.196 e. The molecule has 3 atom stereocenters. The molecule has 2 rings (SSSR count). The van der Waals surface area contributed by atoms with Crippen molar-refractivity contribution in [3.63, 3.8) is 0 Å². The van der Waals surface area contributed by atoms with Crippen LogP contribution in [-0.2, 0) is 0 Å². The third-order valence-corrected chi connectivity index (χ3v) is 6.11. The minimum atomic E-state index is 0.0468. The van der Waals surface area contributed by atoms with E-state index in [1.807, 2.05) is 6.08 Å². The van der Waals surface area contributed by atoms with Crippen LogP contribution in [0.1, 0.15) is 46.5 Å². The Morgan fingerprint density at radius 3 is 2.65 bits per heavy atom. The highest BCUT2D eigenvalue weighted by molar-refractivity contribution is 6.95. The van der Waals surface area contributed by atoms with Gasteiger partial charge in [0.1, 0.15) is 0 Å². The van der Waals surface area contributed by atoms with Crippen LogP contribution in [0.3, 0.4) is 0 Å². The molecule has 4 heteroatoms. The summed E-state index contributed by atoms with van der Waals surface area (Å²) < 4.78 is 0.0468. The van der Waals surface area contributed by atoms with E-state index in [4.69, 9.17) is 34.8 Å². The summed E-state index contributed by atoms with van der Waals surface area (Å²) >= 11 is 17.6. The Morgan fingerprint density at radius 2 is 2.00 bits per heavy atom. The van der Waals surface area contributed by atoms with Gasteiger partial charge in [0, 0.05) is 11.6 Å². The predicted octanol–water partition coefficient (Wildman–Crippen LogP) is 6.10. The van der Waals surface area contributed by atoms with Crippen molar-refractivity contribution >= 4 is 39.4 Å². The topological polar surface area (TPSA) is 12.4 Å². The Morgan fingerprint density at radius 1 is 1.30 bits per heavy atom. The number of fused-ring (bicyclic) bond motifs is 1. The van der Waals surface area contributed by atoms with Crippen molar-refractivity contribution in [3.05, 3.63) is 23.9 Å². The second-order valence-electron chi connectivity index (χ2n) is 6.83. The summed E-state index contributed by atoms with van der Waals surface area (Å²) in [7, 11) is 0. The van der Waals surface area contributed by atoms with Crippen molar-refractivity contribution in [2.75, 3.05) is 0 Å². The molecule has 0 aliphatic heterocycles. The second-order valence-corrected chi connectivity index (χ2v) is 8.27. The Kier molecular flexibility index (Phi) is 4.94. The molecule has 1 saturated carbocycles. The van der Waals surface area contributed by atoms with E-state index in [0.29, 0.717) is 5.92 Å². The van der Waals surface area contributed by atoms with Gasteiger partial charge >= 0.3 is 0 Å². The van der Waals surface area contributed by atoms with Crippen LogP contribution >= 0.6 is 34.8 Å². The van der Waals surface area contributed by atoms with Gasteiger partial charge in [-0.3, -0.25) is 0 Å². The summed E-state index contributed by atoms with van der Waals surface area (Å²) in [6.07, 6.45) is 10.6. The van der Waals surface area contributed by atoms with Gasteiger partial charge in [-0.1, -0.05) is 26.8 Å². The Labute approximate surface area is 137 Å². The molecule has 0 bridgehead atoms. The Hall–Kier alpha value is 0.0200. The van der Waals surface area contributed by atoms with Crippen molar-refractivity contribution in [1.29, 1.82) is 0 Å². The van der Waals surface area contributed by atoms with E-state index in [0.717, 1.165) is 19.3 Å². The van der Waals surface area contributed by atoms with Crippen LogP contribution in [0.5, 0.6) is 0 Å². The molecule has 0 saturated heterocycles. The van der Waals surface area contributed by atoms with Gasteiger partial charge in [-0.05, 0) is 77.3 Å². The molecule has 0 aromatic heterocycles. The first-order valence-electron chi connectivity index (χ1n) is 7.17. The average Bonchev–Trinajstić information content (AvgIpc) is 2.34. The molecule has 0 spiro atoms. The Balaban J connectivity index is 2.22. The molecule has 0 aromatic carbocycles. The van der Waals surface area contributed by atoms with Gasteiger partial charge in [0.2, 0.25) is 0 Å². The van der Waals surface area contributed by atoms with Gasteiger partial charge < -0.3 is 0 Å². The van der Waals surface area contributed by atoms with E-state index in [2.05, 4.69) is 31.8 Å². The number of nitrogens with zero attached hydrogens (tertiary/aromatic N) is 1. The van der Waals surface area contributed by atoms with Crippen LogP contribution in [0.4, 0.5) is 0 Å². The number of allylic oxidation sites excluding steroid dienone is 3. The minimum Gasteiger partial charge on any atom is -0.233 e. The van der Waals surface area contributed by atoms with E-state index in [1.54, 1.807) is 6.20 Å². The third kappa shape index (κ3) is 3.26. The van der Waals surface area contributed by atoms with Gasteiger partial charge in [-0.2, -0.15) is 0 Å². The van der Waals surface area contributed by atoms with Crippen molar-refractivity contribution in [3.8, 4) is 0 Å². The van der Waals surface area contributed by atoms with Gasteiger partial charge in [0.25, 0.3) is 0 Å². The molecule has 2 aliphatic carbocycles. The zero-order valence-electron chi connectivity index (χ0n) is 12.3. The lowest BCUT2D eigenvalue weighted by atomic mass is 9.53. The molecule has 0 unspecified atom stereocenters. The molecular weight excluding hydrogens is 313 g/mol. The van der Waals surface area contributed by atoms with Crippen molar-refractivity contribution in [2.24, 2.45) is 21.7 Å². The maximum absolute atomic E-state index is 6.56. The summed E-state index contributed by atoms with van der Waals surface area (Å²) in [5.41, 5.74) is 1.75. The lowest BCUT2D eigenvalue weighted by Crippen LogP contribution is -2.48. The van der Waals surface area contributed by atoms with E-state index in [-0.39, 0.29) is 20.8 Å². The fraction of sp³-hybridized carbons (Fsp3) is 0.688. The maximum atomic E-state index is 6.56. The van der Waals surface area contributed by atoms with Crippen LogP contribution in [0.25, 0.3) is 0 Å². The van der Waals surface area contributed by atoms with Crippen LogP contribution in [0.2, 0.25) is 0 Å². The summed E-state index contributed by atoms with van der Waals surface area (Å²) in [6.45, 7) is 7.00. The summed E-state index contributed by atoms with van der Waals surface area (Å²) in [6, 6.07) is 0. The van der Waals surface area contributed by atoms with Crippen LogP contribution in [0.15, 0.2) is 28.9 Å². The zero-order valence-corrected chi connectivity index (χ0v) is 14.6. The third-order valence-electron chi connectivity index (χ3n) is 5.14. The molecule has 0 N–H and O–H groups in total. The number of halogens is 3. The molecule has 2 aliphatic rings. The lowest BCUT2D eigenvalue weighted by molar-refractivity contribution is 0.0262. The fourth-order valence-electron chi connectivity index (χ4n) is 4.05. The Bertz CT molecular complexity index is 460. The zero-order chi connectivity index (χ0) is 15.0. The molecule has 0 heterocycles. The fourth-order valence-corrected chi connectivity index (χ4v) is 4.43. The molecule has 0 amide bonds. The van der Waals surface area contributed by atoms with Crippen molar-refractivity contribution in [1.82, 2.24) is 0 Å². The van der Waals surface area contributed by atoms with E-state index < -0.39 is 0 Å². The monoisotopic (exact) mass is 333 g/mol. The van der Waals surface area contributed by atoms with Crippen LogP contribution < -0.4 is 0 Å². The second kappa shape index (κ2) is 6.02. The van der Waals surface area contributed by atoms with E-state index >= 15 is 0 Å². The van der Waals surface area contributed by atoms with Crippen LogP contribution in [0, 0.1) is 16.7 Å². The van der Waals surface area contributed by atoms with E-state index in [9.17, 15) is 0 Å². The first kappa shape index (κ1) is 16.4. The highest BCUT2D eigenvalue weighted by Gasteiger charge is 2.50. The highest BCUT2D eigenvalue weighted by Crippen LogP contribution is 2.57. The smallest absolute Gasteiger partial charge is 0.196 e. The minimum absolute atomic E-state index is 0.0468. The number of aliphatic imine (C=N–C) groups is 1. The molecule has 1 nitrogen and oxygen atoms in total.